The molecule has 0 bridgehead atoms. The van der Waals surface area contributed by atoms with Crippen LogP contribution in [-0.2, 0) is 5.41 Å². The van der Waals surface area contributed by atoms with Crippen molar-refractivity contribution >= 4 is 76.4 Å². The lowest BCUT2D eigenvalue weighted by Gasteiger charge is -2.27. The molecule has 0 spiro atoms. The van der Waals surface area contributed by atoms with Gasteiger partial charge in [0.2, 0.25) is 0 Å². The van der Waals surface area contributed by atoms with Crippen molar-refractivity contribution in [1.82, 2.24) is 0 Å². The van der Waals surface area contributed by atoms with Crippen LogP contribution >= 0.6 is 11.3 Å². The Labute approximate surface area is 319 Å². The second-order valence-electron chi connectivity index (χ2n) is 15.1. The monoisotopic (exact) mass is 711 g/mol. The molecule has 1 aromatic heterocycles. The molecule has 1 N–H and O–H groups in total. The van der Waals surface area contributed by atoms with Gasteiger partial charge in [0.1, 0.15) is 6.17 Å². The zero-order valence-corrected chi connectivity index (χ0v) is 30.9. The predicted octanol–water partition coefficient (Wildman–Crippen LogP) is 14.2. The third-order valence-corrected chi connectivity index (χ3v) is 12.7. The first-order valence-electron chi connectivity index (χ1n) is 18.7. The van der Waals surface area contributed by atoms with Crippen LogP contribution in [0.5, 0.6) is 0 Å². The van der Waals surface area contributed by atoms with Crippen molar-refractivity contribution < 1.29 is 0 Å². The molecule has 4 heteroatoms. The van der Waals surface area contributed by atoms with Gasteiger partial charge in [-0.05, 0) is 124 Å². The molecule has 1 atom stereocenters. The van der Waals surface area contributed by atoms with Gasteiger partial charge in [0, 0.05) is 48.3 Å². The summed E-state index contributed by atoms with van der Waals surface area (Å²) in [6.45, 7) is 4.76. The topological polar surface area (TPSA) is 18.5 Å². The van der Waals surface area contributed by atoms with E-state index in [2.05, 4.69) is 205 Å². The molecule has 11 rings (SSSR count). The molecular weight excluding hydrogens is 675 g/mol. The van der Waals surface area contributed by atoms with E-state index in [1.165, 1.54) is 75.8 Å². The van der Waals surface area contributed by atoms with E-state index in [-0.39, 0.29) is 11.6 Å². The molecular formula is C50H37N3S. The van der Waals surface area contributed by atoms with Crippen molar-refractivity contribution in [3.63, 3.8) is 0 Å². The average molecular weight is 712 g/mol. The summed E-state index contributed by atoms with van der Waals surface area (Å²) in [6.07, 6.45) is 0.00290. The summed E-state index contributed by atoms with van der Waals surface area (Å²) in [6, 6.07) is 64.7. The number of para-hydroxylation sites is 2. The van der Waals surface area contributed by atoms with Gasteiger partial charge in [0.25, 0.3) is 0 Å². The minimum Gasteiger partial charge on any atom is -0.359 e. The Morgan fingerprint density at radius 2 is 1.19 bits per heavy atom. The standard InChI is InChI=1S/C50H37N3S/c1-50(2)43-28-33-22-23-37(52(35-16-8-4-9-17-35)38-24-25-48-42(29-38)39-20-12-13-21-47(39)54-48)26-34(33)27-40(43)41-30-46-45(31-44(41)50)51-49(32-14-6-3-7-15-32)53(46)36-18-10-5-11-19-36/h3-31,49,51H,1-2H3. The van der Waals surface area contributed by atoms with Crippen LogP contribution in [0.15, 0.2) is 176 Å². The molecule has 1 aliphatic carbocycles. The maximum absolute atomic E-state index is 3.92. The van der Waals surface area contributed by atoms with Crippen molar-refractivity contribution in [2.24, 2.45) is 0 Å². The van der Waals surface area contributed by atoms with E-state index < -0.39 is 0 Å². The van der Waals surface area contributed by atoms with Gasteiger partial charge in [0.15, 0.2) is 0 Å². The van der Waals surface area contributed by atoms with Gasteiger partial charge in [-0.3, -0.25) is 0 Å². The van der Waals surface area contributed by atoms with Gasteiger partial charge in [0.05, 0.1) is 11.4 Å². The summed E-state index contributed by atoms with van der Waals surface area (Å²) in [4.78, 5) is 4.86. The Balaban J connectivity index is 1.06. The van der Waals surface area contributed by atoms with Crippen LogP contribution in [0, 0.1) is 0 Å². The fourth-order valence-electron chi connectivity index (χ4n) is 8.93. The number of rotatable bonds is 5. The van der Waals surface area contributed by atoms with Gasteiger partial charge in [-0.25, -0.2) is 0 Å². The van der Waals surface area contributed by atoms with Crippen molar-refractivity contribution in [3.8, 4) is 11.1 Å². The normalized spacial score (nSPS) is 15.3. The largest absolute Gasteiger partial charge is 0.359 e. The van der Waals surface area contributed by atoms with Crippen LogP contribution in [-0.4, -0.2) is 0 Å². The third kappa shape index (κ3) is 4.73. The Morgan fingerprint density at radius 1 is 0.537 bits per heavy atom. The van der Waals surface area contributed by atoms with E-state index >= 15 is 0 Å². The molecule has 54 heavy (non-hydrogen) atoms. The third-order valence-electron chi connectivity index (χ3n) is 11.6. The summed E-state index contributed by atoms with van der Waals surface area (Å²) < 4.78 is 2.63. The van der Waals surface area contributed by atoms with E-state index in [0.717, 1.165) is 17.1 Å². The van der Waals surface area contributed by atoms with Crippen molar-refractivity contribution in [1.29, 1.82) is 0 Å². The lowest BCUT2D eigenvalue weighted by atomic mass is 9.81. The second kappa shape index (κ2) is 11.8. The van der Waals surface area contributed by atoms with Gasteiger partial charge in [-0.2, -0.15) is 0 Å². The van der Waals surface area contributed by atoms with E-state index in [0.29, 0.717) is 0 Å². The van der Waals surface area contributed by atoms with Crippen LogP contribution in [0.25, 0.3) is 42.1 Å². The first-order chi connectivity index (χ1) is 26.5. The fraction of sp³-hybridized carbons (Fsp3) is 0.0800. The number of hydrogen-bond acceptors (Lipinski definition) is 4. The highest BCUT2D eigenvalue weighted by Crippen LogP contribution is 2.56. The van der Waals surface area contributed by atoms with Gasteiger partial charge >= 0.3 is 0 Å². The Kier molecular flexibility index (Phi) is 6.83. The summed E-state index contributed by atoms with van der Waals surface area (Å²) in [5.41, 5.74) is 13.5. The molecule has 2 heterocycles. The first-order valence-corrected chi connectivity index (χ1v) is 19.5. The zero-order valence-electron chi connectivity index (χ0n) is 30.1. The molecule has 0 amide bonds. The Hall–Kier alpha value is -6.36. The SMILES string of the molecule is CC1(C)c2cc3c(cc2-c2cc4cc(N(c5ccccc5)c5ccc6sc7ccccc7c6c5)ccc4cc21)N(c1ccccc1)C(c1ccccc1)N3. The number of fused-ring (bicyclic) bond motifs is 8. The van der Waals surface area contributed by atoms with Crippen LogP contribution in [0.2, 0.25) is 0 Å². The number of anilines is 6. The number of hydrogen-bond donors (Lipinski definition) is 1. The van der Waals surface area contributed by atoms with Gasteiger partial charge in [-0.1, -0.05) is 105 Å². The quantitative estimate of drug-likeness (QED) is 0.192. The summed E-state index contributed by atoms with van der Waals surface area (Å²) in [7, 11) is 0. The fourth-order valence-corrected chi connectivity index (χ4v) is 10.0. The number of nitrogens with zero attached hydrogens (tertiary/aromatic N) is 2. The summed E-state index contributed by atoms with van der Waals surface area (Å²) >= 11 is 1.86. The minimum atomic E-state index is -0.147. The molecule has 1 unspecified atom stereocenters. The van der Waals surface area contributed by atoms with Crippen LogP contribution in [0.4, 0.5) is 34.1 Å². The Bertz CT molecular complexity index is 2900. The molecule has 0 saturated carbocycles. The number of nitrogens with one attached hydrogen (secondary N) is 1. The van der Waals surface area contributed by atoms with E-state index in [1.807, 2.05) is 11.3 Å². The maximum Gasteiger partial charge on any atom is 0.130 e. The summed E-state index contributed by atoms with van der Waals surface area (Å²) in [5, 5.41) is 9.02. The molecule has 0 fully saturated rings. The number of benzene rings is 8. The Morgan fingerprint density at radius 3 is 2.00 bits per heavy atom. The maximum atomic E-state index is 3.92. The van der Waals surface area contributed by atoms with Gasteiger partial charge in [-0.15, -0.1) is 11.3 Å². The molecule has 3 nitrogen and oxygen atoms in total. The molecule has 2 aliphatic rings. The average Bonchev–Trinajstić information content (AvgIpc) is 3.85. The molecule has 0 saturated heterocycles. The highest BCUT2D eigenvalue weighted by atomic mass is 32.1. The van der Waals surface area contributed by atoms with E-state index in [4.69, 9.17) is 0 Å². The van der Waals surface area contributed by atoms with Crippen molar-refractivity contribution in [2.75, 3.05) is 15.1 Å². The lowest BCUT2D eigenvalue weighted by molar-refractivity contribution is 0.661. The van der Waals surface area contributed by atoms with Gasteiger partial charge < -0.3 is 15.1 Å². The highest BCUT2D eigenvalue weighted by Gasteiger charge is 2.40. The molecule has 258 valence electrons. The number of thiophene rings is 1. The van der Waals surface area contributed by atoms with Crippen LogP contribution in [0.1, 0.15) is 36.7 Å². The predicted molar refractivity (Wildman–Crippen MR) is 230 cm³/mol. The van der Waals surface area contributed by atoms with E-state index in [1.54, 1.807) is 0 Å². The molecule has 8 aromatic carbocycles. The molecule has 9 aromatic rings. The van der Waals surface area contributed by atoms with Crippen LogP contribution in [0.3, 0.4) is 0 Å². The molecule has 1 aliphatic heterocycles. The minimum absolute atomic E-state index is 0.00290. The zero-order chi connectivity index (χ0) is 36.0. The second-order valence-corrected chi connectivity index (χ2v) is 16.2. The lowest BCUT2D eigenvalue weighted by Crippen LogP contribution is -2.23. The van der Waals surface area contributed by atoms with Crippen molar-refractivity contribution in [2.45, 2.75) is 25.4 Å². The highest BCUT2D eigenvalue weighted by molar-refractivity contribution is 7.25. The first kappa shape index (κ1) is 31.2. The van der Waals surface area contributed by atoms with Crippen LogP contribution < -0.4 is 15.1 Å². The molecule has 0 radical (unpaired) electrons. The smallest absolute Gasteiger partial charge is 0.130 e. The van der Waals surface area contributed by atoms with Crippen molar-refractivity contribution in [3.05, 3.63) is 193 Å². The summed E-state index contributed by atoms with van der Waals surface area (Å²) in [5.74, 6) is 0. The van der Waals surface area contributed by atoms with E-state index in [9.17, 15) is 0 Å².